The minimum Gasteiger partial charge on any atom is -0.548 e. The summed E-state index contributed by atoms with van der Waals surface area (Å²) in [4.78, 5) is 24.5. The van der Waals surface area contributed by atoms with Crippen molar-refractivity contribution in [2.75, 3.05) is 0 Å². The molecule has 0 radical (unpaired) electrons. The molecule has 20 heavy (non-hydrogen) atoms. The van der Waals surface area contributed by atoms with Gasteiger partial charge >= 0.3 is 0 Å². The van der Waals surface area contributed by atoms with E-state index in [4.69, 9.17) is 12.2 Å². The molecule has 0 unspecified atom stereocenters. The van der Waals surface area contributed by atoms with Crippen LogP contribution in [-0.4, -0.2) is 27.1 Å². The molecule has 0 aromatic heterocycles. The number of carbonyl (C=O) groups is 2. The average molecular weight is 371 g/mol. The highest BCUT2D eigenvalue weighted by Gasteiger charge is 2.35. The lowest BCUT2D eigenvalue weighted by Crippen LogP contribution is -2.48. The fourth-order valence-corrected chi connectivity index (χ4v) is 3.31. The van der Waals surface area contributed by atoms with Crippen LogP contribution in [-0.2, 0) is 9.59 Å². The monoisotopic (exact) mass is 370 g/mol. The average Bonchev–Trinajstić information content (AvgIpc) is 2.66. The largest absolute Gasteiger partial charge is 0.548 e. The summed E-state index contributed by atoms with van der Waals surface area (Å²) in [5.41, 5.74) is 0.842. The number of hydrogen-bond acceptors (Lipinski definition) is 5. The first-order valence-corrected chi connectivity index (χ1v) is 7.65. The molecular formula is C13H9BrNO3S2-. The minimum atomic E-state index is -1.33. The van der Waals surface area contributed by atoms with Crippen molar-refractivity contribution < 1.29 is 14.7 Å². The number of thioether (sulfide) groups is 1. The number of halogens is 1. The van der Waals surface area contributed by atoms with E-state index in [0.717, 1.165) is 26.7 Å². The highest BCUT2D eigenvalue weighted by atomic mass is 79.9. The smallest absolute Gasteiger partial charge is 0.266 e. The van der Waals surface area contributed by atoms with Crippen LogP contribution in [0.2, 0.25) is 0 Å². The Balaban J connectivity index is 2.28. The molecule has 1 atom stereocenters. The molecule has 1 aliphatic heterocycles. The number of amides is 1. The molecule has 0 saturated carbocycles. The maximum atomic E-state index is 12.2. The van der Waals surface area contributed by atoms with Crippen LogP contribution in [0.15, 0.2) is 33.6 Å². The van der Waals surface area contributed by atoms with Crippen molar-refractivity contribution in [3.63, 3.8) is 0 Å². The summed E-state index contributed by atoms with van der Waals surface area (Å²) in [6.07, 6.45) is 1.69. The lowest BCUT2D eigenvalue weighted by molar-refractivity contribution is -0.309. The number of carboxylic acids is 1. The molecule has 1 saturated heterocycles. The van der Waals surface area contributed by atoms with Gasteiger partial charge in [-0.05, 0) is 30.7 Å². The number of carbonyl (C=O) groups excluding carboxylic acids is 2. The maximum Gasteiger partial charge on any atom is 0.266 e. The van der Waals surface area contributed by atoms with E-state index in [0.29, 0.717) is 4.91 Å². The summed E-state index contributed by atoms with van der Waals surface area (Å²) in [6.45, 7) is 1.38. The van der Waals surface area contributed by atoms with Crippen LogP contribution in [0.3, 0.4) is 0 Å². The fraction of sp³-hybridized carbons (Fsp3) is 0.154. The third kappa shape index (κ3) is 3.11. The van der Waals surface area contributed by atoms with E-state index in [1.165, 1.54) is 6.92 Å². The maximum absolute atomic E-state index is 12.2. The molecule has 0 N–H and O–H groups in total. The van der Waals surface area contributed by atoms with Gasteiger partial charge in [0.15, 0.2) is 0 Å². The zero-order chi connectivity index (χ0) is 14.9. The Bertz CT molecular complexity index is 613. The summed E-state index contributed by atoms with van der Waals surface area (Å²) in [5.74, 6) is -1.73. The number of hydrogen-bond donors (Lipinski definition) is 0. The number of rotatable bonds is 3. The van der Waals surface area contributed by atoms with Gasteiger partial charge in [-0.3, -0.25) is 9.69 Å². The third-order valence-corrected chi connectivity index (χ3v) is 4.58. The Morgan fingerprint density at radius 3 is 2.60 bits per heavy atom. The zero-order valence-corrected chi connectivity index (χ0v) is 13.5. The molecular weight excluding hydrogens is 362 g/mol. The normalized spacial score (nSPS) is 18.7. The van der Waals surface area contributed by atoms with Crippen LogP contribution < -0.4 is 5.11 Å². The predicted octanol–water partition coefficient (Wildman–Crippen LogP) is 1.79. The molecule has 0 aliphatic carbocycles. The van der Waals surface area contributed by atoms with Gasteiger partial charge in [-0.15, -0.1) is 0 Å². The standard InChI is InChI=1S/C13H10BrNO3S2/c1-7(12(17)18)15-11(16)10(20-13(15)19)6-8-2-4-9(14)5-3-8/h2-7H,1H3,(H,17,18)/p-1/b10-6-/t7-/m0/s1. The van der Waals surface area contributed by atoms with Crippen LogP contribution in [0.25, 0.3) is 6.08 Å². The van der Waals surface area contributed by atoms with Crippen molar-refractivity contribution in [1.29, 1.82) is 0 Å². The summed E-state index contributed by atoms with van der Waals surface area (Å²) in [6, 6.07) is 6.34. The summed E-state index contributed by atoms with van der Waals surface area (Å²) >= 11 is 9.48. The summed E-state index contributed by atoms with van der Waals surface area (Å²) in [5, 5.41) is 10.9. The minimum absolute atomic E-state index is 0.232. The van der Waals surface area contributed by atoms with E-state index in [2.05, 4.69) is 15.9 Å². The molecule has 1 fully saturated rings. The van der Waals surface area contributed by atoms with Crippen LogP contribution in [0, 0.1) is 0 Å². The first-order valence-electron chi connectivity index (χ1n) is 5.63. The first kappa shape index (κ1) is 15.2. The van der Waals surface area contributed by atoms with Crippen LogP contribution in [0.1, 0.15) is 12.5 Å². The van der Waals surface area contributed by atoms with Crippen LogP contribution >= 0.6 is 39.9 Å². The number of carboxylic acid groups (broad SMARTS) is 1. The Morgan fingerprint density at radius 1 is 1.45 bits per heavy atom. The van der Waals surface area contributed by atoms with E-state index in [9.17, 15) is 14.7 Å². The fourth-order valence-electron chi connectivity index (χ4n) is 1.63. The number of thiocarbonyl (C=S) groups is 1. The molecule has 0 spiro atoms. The van der Waals surface area contributed by atoms with Crippen LogP contribution in [0.4, 0.5) is 0 Å². The molecule has 1 aromatic rings. The van der Waals surface area contributed by atoms with Crippen molar-refractivity contribution in [2.24, 2.45) is 0 Å². The Hall–Kier alpha value is -1.18. The molecule has 2 rings (SSSR count). The molecule has 4 nitrogen and oxygen atoms in total. The number of aliphatic carboxylic acids is 1. The Morgan fingerprint density at radius 2 is 2.05 bits per heavy atom. The molecule has 1 amide bonds. The predicted molar refractivity (Wildman–Crippen MR) is 83.6 cm³/mol. The van der Waals surface area contributed by atoms with Crippen molar-refractivity contribution in [3.05, 3.63) is 39.2 Å². The molecule has 0 bridgehead atoms. The molecule has 7 heteroatoms. The summed E-state index contributed by atoms with van der Waals surface area (Å²) < 4.78 is 1.17. The van der Waals surface area contributed by atoms with Crippen molar-refractivity contribution >= 4 is 62.2 Å². The van der Waals surface area contributed by atoms with Crippen molar-refractivity contribution in [2.45, 2.75) is 13.0 Å². The van der Waals surface area contributed by atoms with Gasteiger partial charge in [0.25, 0.3) is 5.91 Å². The number of benzene rings is 1. The van der Waals surface area contributed by atoms with Crippen molar-refractivity contribution in [1.82, 2.24) is 4.90 Å². The van der Waals surface area contributed by atoms with Gasteiger partial charge in [0.1, 0.15) is 4.32 Å². The second kappa shape index (κ2) is 6.07. The molecule has 1 aliphatic rings. The SMILES string of the molecule is C[C@@H](C(=O)[O-])N1C(=O)/C(=C/c2ccc(Br)cc2)SC1=S. The second-order valence-electron chi connectivity index (χ2n) is 4.10. The first-order chi connectivity index (χ1) is 9.40. The Kier molecular flexibility index (Phi) is 4.62. The van der Waals surface area contributed by atoms with E-state index in [1.807, 2.05) is 24.3 Å². The lowest BCUT2D eigenvalue weighted by atomic mass is 10.2. The molecule has 104 valence electrons. The van der Waals surface area contributed by atoms with E-state index in [1.54, 1.807) is 6.08 Å². The molecule has 1 heterocycles. The van der Waals surface area contributed by atoms with Gasteiger partial charge in [-0.1, -0.05) is 52.0 Å². The second-order valence-corrected chi connectivity index (χ2v) is 6.69. The van der Waals surface area contributed by atoms with Crippen LogP contribution in [0.5, 0.6) is 0 Å². The van der Waals surface area contributed by atoms with Gasteiger partial charge < -0.3 is 9.90 Å². The number of nitrogens with zero attached hydrogens (tertiary/aromatic N) is 1. The molecule has 1 aromatic carbocycles. The summed E-state index contributed by atoms with van der Waals surface area (Å²) in [7, 11) is 0. The van der Waals surface area contributed by atoms with E-state index < -0.39 is 17.9 Å². The van der Waals surface area contributed by atoms with Gasteiger partial charge in [-0.2, -0.15) is 0 Å². The van der Waals surface area contributed by atoms with Gasteiger partial charge in [0.05, 0.1) is 16.9 Å². The van der Waals surface area contributed by atoms with Crippen molar-refractivity contribution in [3.8, 4) is 0 Å². The quantitative estimate of drug-likeness (QED) is 0.599. The Labute approximate surface area is 134 Å². The highest BCUT2D eigenvalue weighted by Crippen LogP contribution is 2.33. The highest BCUT2D eigenvalue weighted by molar-refractivity contribution is 9.10. The van der Waals surface area contributed by atoms with Gasteiger partial charge in [0.2, 0.25) is 0 Å². The van der Waals surface area contributed by atoms with Gasteiger partial charge in [0, 0.05) is 4.47 Å². The topological polar surface area (TPSA) is 60.4 Å². The zero-order valence-electron chi connectivity index (χ0n) is 10.3. The van der Waals surface area contributed by atoms with E-state index >= 15 is 0 Å². The third-order valence-electron chi connectivity index (χ3n) is 2.72. The lowest BCUT2D eigenvalue weighted by Gasteiger charge is -2.23. The van der Waals surface area contributed by atoms with E-state index in [-0.39, 0.29) is 4.32 Å². The van der Waals surface area contributed by atoms with Gasteiger partial charge in [-0.25, -0.2) is 0 Å².